The minimum atomic E-state index is -1.03. The number of nitrogens with one attached hydrogen (secondary N) is 1. The van der Waals surface area contributed by atoms with Crippen LogP contribution < -0.4 is 10.2 Å². The highest BCUT2D eigenvalue weighted by Gasteiger charge is 2.14. The lowest BCUT2D eigenvalue weighted by Crippen LogP contribution is -2.31. The first-order valence-corrected chi connectivity index (χ1v) is 10.7. The van der Waals surface area contributed by atoms with Gasteiger partial charge in [-0.2, -0.15) is 0 Å². The standard InChI is InChI=1S/C26H25N3O5/c1-29(26(34)28-21-13-11-18(12-14-21)25(32)33)22-8-4-6-19(16-22)23(9-2-3-10-24(30)31)20-7-5-15-27-17-20/h4-9,11-17H,2-3,10H2,1H3,(H,28,34)(H,30,31)(H,32,33)/b23-9-. The van der Waals surface area contributed by atoms with E-state index in [1.165, 1.54) is 29.2 Å². The highest BCUT2D eigenvalue weighted by Crippen LogP contribution is 2.27. The van der Waals surface area contributed by atoms with Crippen molar-refractivity contribution < 1.29 is 24.6 Å². The van der Waals surface area contributed by atoms with Crippen LogP contribution >= 0.6 is 0 Å². The molecule has 0 spiro atoms. The Morgan fingerprint density at radius 3 is 2.35 bits per heavy atom. The Kier molecular flexibility index (Phi) is 8.12. The molecule has 174 valence electrons. The van der Waals surface area contributed by atoms with Crippen LogP contribution in [0, 0.1) is 0 Å². The summed E-state index contributed by atoms with van der Waals surface area (Å²) in [4.78, 5) is 40.3. The molecule has 0 radical (unpaired) electrons. The van der Waals surface area contributed by atoms with Crippen molar-refractivity contribution >= 4 is 34.9 Å². The number of pyridine rings is 1. The molecule has 0 saturated carbocycles. The maximum atomic E-state index is 12.8. The fourth-order valence-electron chi connectivity index (χ4n) is 3.33. The van der Waals surface area contributed by atoms with E-state index >= 15 is 0 Å². The van der Waals surface area contributed by atoms with Crippen molar-refractivity contribution in [1.29, 1.82) is 0 Å². The number of carboxylic acids is 2. The molecule has 3 rings (SSSR count). The van der Waals surface area contributed by atoms with Crippen LogP contribution in [-0.4, -0.2) is 40.2 Å². The van der Waals surface area contributed by atoms with Crippen LogP contribution in [0.25, 0.3) is 5.57 Å². The number of nitrogens with zero attached hydrogens (tertiary/aromatic N) is 2. The lowest BCUT2D eigenvalue weighted by molar-refractivity contribution is -0.137. The van der Waals surface area contributed by atoms with Gasteiger partial charge in [0.15, 0.2) is 0 Å². The van der Waals surface area contributed by atoms with Crippen molar-refractivity contribution in [2.45, 2.75) is 19.3 Å². The molecule has 34 heavy (non-hydrogen) atoms. The molecule has 2 aromatic carbocycles. The van der Waals surface area contributed by atoms with Gasteiger partial charge in [-0.05, 0) is 66.4 Å². The second-order valence-electron chi connectivity index (χ2n) is 7.57. The van der Waals surface area contributed by atoms with E-state index in [2.05, 4.69) is 10.3 Å². The van der Waals surface area contributed by atoms with Gasteiger partial charge in [0.2, 0.25) is 0 Å². The highest BCUT2D eigenvalue weighted by atomic mass is 16.4. The number of aliphatic carboxylic acids is 1. The number of aromatic nitrogens is 1. The van der Waals surface area contributed by atoms with Crippen molar-refractivity contribution in [1.82, 2.24) is 4.98 Å². The number of benzene rings is 2. The number of rotatable bonds is 9. The normalized spacial score (nSPS) is 11.0. The molecule has 0 aliphatic carbocycles. The van der Waals surface area contributed by atoms with E-state index in [4.69, 9.17) is 10.2 Å². The van der Waals surface area contributed by atoms with Crippen LogP contribution in [0.3, 0.4) is 0 Å². The van der Waals surface area contributed by atoms with Crippen LogP contribution in [0.4, 0.5) is 16.2 Å². The Labute approximate surface area is 197 Å². The summed E-state index contributed by atoms with van der Waals surface area (Å²) in [6, 6.07) is 16.8. The van der Waals surface area contributed by atoms with E-state index in [0.29, 0.717) is 24.2 Å². The summed E-state index contributed by atoms with van der Waals surface area (Å²) >= 11 is 0. The molecule has 0 aliphatic rings. The zero-order chi connectivity index (χ0) is 24.5. The molecule has 0 atom stereocenters. The zero-order valence-corrected chi connectivity index (χ0v) is 18.6. The summed E-state index contributed by atoms with van der Waals surface area (Å²) in [5.74, 6) is -1.86. The van der Waals surface area contributed by atoms with E-state index in [1.54, 1.807) is 19.4 Å². The van der Waals surface area contributed by atoms with Crippen LogP contribution in [0.2, 0.25) is 0 Å². The Balaban J connectivity index is 1.81. The molecule has 3 aromatic rings. The minimum absolute atomic E-state index is 0.0905. The fourth-order valence-corrected chi connectivity index (χ4v) is 3.33. The largest absolute Gasteiger partial charge is 0.481 e. The predicted octanol–water partition coefficient (Wildman–Crippen LogP) is 5.13. The van der Waals surface area contributed by atoms with Gasteiger partial charge in [-0.25, -0.2) is 9.59 Å². The third kappa shape index (κ3) is 6.52. The lowest BCUT2D eigenvalue weighted by Gasteiger charge is -2.19. The van der Waals surface area contributed by atoms with Gasteiger partial charge in [0, 0.05) is 42.8 Å². The summed E-state index contributed by atoms with van der Waals surface area (Å²) in [7, 11) is 1.64. The smallest absolute Gasteiger partial charge is 0.335 e. The van der Waals surface area contributed by atoms with Gasteiger partial charge in [0.1, 0.15) is 0 Å². The molecule has 0 fully saturated rings. The lowest BCUT2D eigenvalue weighted by atomic mass is 9.97. The molecule has 8 nitrogen and oxygen atoms in total. The molecule has 2 amide bonds. The Morgan fingerprint density at radius 1 is 0.971 bits per heavy atom. The number of urea groups is 1. The summed E-state index contributed by atoms with van der Waals surface area (Å²) in [6.07, 6.45) is 6.61. The monoisotopic (exact) mass is 459 g/mol. The SMILES string of the molecule is CN(C(=O)Nc1ccc(C(=O)O)cc1)c1cccc(/C(=C/CCCC(=O)O)c2cccnc2)c1. The third-order valence-corrected chi connectivity index (χ3v) is 5.15. The maximum Gasteiger partial charge on any atom is 0.335 e. The van der Waals surface area contributed by atoms with Gasteiger partial charge >= 0.3 is 18.0 Å². The van der Waals surface area contributed by atoms with Gasteiger partial charge in [-0.15, -0.1) is 0 Å². The summed E-state index contributed by atoms with van der Waals surface area (Å²) in [5.41, 5.74) is 3.92. The molecule has 0 aliphatic heterocycles. The Morgan fingerprint density at radius 2 is 1.71 bits per heavy atom. The zero-order valence-electron chi connectivity index (χ0n) is 18.6. The molecule has 0 unspecified atom stereocenters. The number of carboxylic acid groups (broad SMARTS) is 2. The number of hydrogen-bond acceptors (Lipinski definition) is 4. The fraction of sp³-hybridized carbons (Fsp3) is 0.154. The number of allylic oxidation sites excluding steroid dienone is 1. The number of aromatic carboxylic acids is 1. The first-order valence-electron chi connectivity index (χ1n) is 10.7. The number of unbranched alkanes of at least 4 members (excludes halogenated alkanes) is 1. The first kappa shape index (κ1) is 24.2. The third-order valence-electron chi connectivity index (χ3n) is 5.15. The second-order valence-corrected chi connectivity index (χ2v) is 7.57. The Hall–Kier alpha value is -4.46. The van der Waals surface area contributed by atoms with Gasteiger partial charge in [-0.3, -0.25) is 14.7 Å². The number of amides is 2. The summed E-state index contributed by atoms with van der Waals surface area (Å²) in [6.45, 7) is 0. The molecule has 0 saturated heterocycles. The van der Waals surface area contributed by atoms with Gasteiger partial charge in [0.25, 0.3) is 0 Å². The average molecular weight is 460 g/mol. The van der Waals surface area contributed by atoms with Crippen LogP contribution in [0.1, 0.15) is 40.7 Å². The van der Waals surface area contributed by atoms with E-state index in [-0.39, 0.29) is 18.0 Å². The topological polar surface area (TPSA) is 120 Å². The van der Waals surface area contributed by atoms with Gasteiger partial charge in [-0.1, -0.05) is 24.3 Å². The average Bonchev–Trinajstić information content (AvgIpc) is 2.84. The summed E-state index contributed by atoms with van der Waals surface area (Å²) < 4.78 is 0. The Bertz CT molecular complexity index is 1190. The molecular formula is C26H25N3O5. The quantitative estimate of drug-likeness (QED) is 0.381. The maximum absolute atomic E-state index is 12.8. The van der Waals surface area contributed by atoms with Crippen molar-refractivity contribution in [3.05, 3.63) is 95.8 Å². The second kappa shape index (κ2) is 11.4. The van der Waals surface area contributed by atoms with Crippen molar-refractivity contribution in [2.24, 2.45) is 0 Å². The first-order chi connectivity index (χ1) is 16.3. The van der Waals surface area contributed by atoms with Crippen molar-refractivity contribution in [3.63, 3.8) is 0 Å². The summed E-state index contributed by atoms with van der Waals surface area (Å²) in [5, 5.41) is 20.7. The van der Waals surface area contributed by atoms with E-state index < -0.39 is 11.9 Å². The van der Waals surface area contributed by atoms with Crippen LogP contribution in [0.15, 0.2) is 79.1 Å². The van der Waals surface area contributed by atoms with Crippen LogP contribution in [0.5, 0.6) is 0 Å². The van der Waals surface area contributed by atoms with E-state index in [1.807, 2.05) is 42.5 Å². The van der Waals surface area contributed by atoms with Crippen LogP contribution in [-0.2, 0) is 4.79 Å². The number of carbonyl (C=O) groups excluding carboxylic acids is 1. The van der Waals surface area contributed by atoms with Gasteiger partial charge in [0.05, 0.1) is 5.56 Å². The number of anilines is 2. The van der Waals surface area contributed by atoms with Crippen molar-refractivity contribution in [2.75, 3.05) is 17.3 Å². The van der Waals surface area contributed by atoms with Crippen molar-refractivity contribution in [3.8, 4) is 0 Å². The molecule has 3 N–H and O–H groups in total. The number of hydrogen-bond donors (Lipinski definition) is 3. The molecule has 1 aromatic heterocycles. The van der Waals surface area contributed by atoms with E-state index in [0.717, 1.165) is 16.7 Å². The number of carbonyl (C=O) groups is 3. The predicted molar refractivity (Wildman–Crippen MR) is 130 cm³/mol. The van der Waals surface area contributed by atoms with E-state index in [9.17, 15) is 14.4 Å². The molecule has 8 heteroatoms. The minimum Gasteiger partial charge on any atom is -0.481 e. The van der Waals surface area contributed by atoms with Gasteiger partial charge < -0.3 is 15.5 Å². The molecular weight excluding hydrogens is 434 g/mol. The molecule has 0 bridgehead atoms. The molecule has 1 heterocycles. The highest BCUT2D eigenvalue weighted by molar-refractivity contribution is 6.02.